The lowest BCUT2D eigenvalue weighted by Gasteiger charge is -2.28. The van der Waals surface area contributed by atoms with Crippen molar-refractivity contribution >= 4 is 34.0 Å². The molecule has 7 heteroatoms. The van der Waals surface area contributed by atoms with E-state index < -0.39 is 6.04 Å². The molecule has 4 rings (SSSR count). The molecule has 0 aromatic heterocycles. The Hall–Kier alpha value is -3.58. The van der Waals surface area contributed by atoms with Crippen molar-refractivity contribution in [3.8, 4) is 5.75 Å². The van der Waals surface area contributed by atoms with E-state index in [2.05, 4.69) is 10.6 Å². The maximum Gasteiger partial charge on any atom is 0.249 e. The zero-order chi connectivity index (χ0) is 23.5. The van der Waals surface area contributed by atoms with Gasteiger partial charge in [-0.2, -0.15) is 0 Å². The summed E-state index contributed by atoms with van der Waals surface area (Å²) in [6.45, 7) is 2.09. The van der Waals surface area contributed by atoms with Gasteiger partial charge in [-0.3, -0.25) is 9.59 Å². The summed E-state index contributed by atoms with van der Waals surface area (Å²) < 4.78 is 5.67. The van der Waals surface area contributed by atoms with Crippen molar-refractivity contribution in [3.63, 3.8) is 0 Å². The van der Waals surface area contributed by atoms with Crippen LogP contribution in [0.15, 0.2) is 54.6 Å². The topological polar surface area (TPSA) is 96.7 Å². The minimum absolute atomic E-state index is 0.133. The lowest BCUT2D eigenvalue weighted by Crippen LogP contribution is -2.52. The molecule has 1 heterocycles. The number of rotatable bonds is 6. The molecule has 2 atom stereocenters. The lowest BCUT2D eigenvalue weighted by molar-refractivity contribution is -0.128. The van der Waals surface area contributed by atoms with Gasteiger partial charge in [0.2, 0.25) is 11.8 Å². The minimum atomic E-state index is -0.614. The highest BCUT2D eigenvalue weighted by atomic mass is 16.5. The molecule has 0 radical (unpaired) electrons. The molecule has 1 aliphatic rings. The van der Waals surface area contributed by atoms with Crippen molar-refractivity contribution in [3.05, 3.63) is 65.7 Å². The average Bonchev–Trinajstić information content (AvgIpc) is 2.95. The van der Waals surface area contributed by atoms with Gasteiger partial charge in [0.1, 0.15) is 11.8 Å². The number of nitrogen functional groups attached to an aromatic ring is 1. The monoisotopic (exact) mass is 446 g/mol. The number of ether oxygens (including phenoxy) is 1. The fourth-order valence-electron chi connectivity index (χ4n) is 4.35. The summed E-state index contributed by atoms with van der Waals surface area (Å²) in [5.41, 5.74) is 9.50. The number of carbonyl (C=O) groups is 2. The Labute approximate surface area is 193 Å². The zero-order valence-electron chi connectivity index (χ0n) is 19.2. The number of nitrogens with two attached hydrogens (primary N) is 1. The number of aryl methyl sites for hydroxylation is 1. The molecular formula is C26H30N4O3. The van der Waals surface area contributed by atoms with E-state index >= 15 is 0 Å². The molecule has 0 bridgehead atoms. The van der Waals surface area contributed by atoms with Crippen LogP contribution in [0.5, 0.6) is 5.75 Å². The normalized spacial score (nSPS) is 16.8. The van der Waals surface area contributed by atoms with Crippen molar-refractivity contribution in [2.45, 2.75) is 38.4 Å². The van der Waals surface area contributed by atoms with Gasteiger partial charge in [-0.05, 0) is 67.4 Å². The Bertz CT molecular complexity index is 1190. The van der Waals surface area contributed by atoms with E-state index in [-0.39, 0.29) is 17.9 Å². The SMILES string of the molecule is CNC(C)C(=O)NC1CCc2ccccc2N(Cc2c(OC)ccc3cc(N)ccc23)C1=O. The third kappa shape index (κ3) is 4.50. The number of benzene rings is 3. The van der Waals surface area contributed by atoms with Gasteiger partial charge in [0.15, 0.2) is 0 Å². The number of amides is 2. The second kappa shape index (κ2) is 9.50. The molecule has 172 valence electrons. The first-order valence-corrected chi connectivity index (χ1v) is 11.1. The van der Waals surface area contributed by atoms with Crippen LogP contribution in [0.1, 0.15) is 24.5 Å². The number of nitrogens with zero attached hydrogens (tertiary/aromatic N) is 1. The van der Waals surface area contributed by atoms with E-state index in [0.29, 0.717) is 30.8 Å². The summed E-state index contributed by atoms with van der Waals surface area (Å²) in [6, 6.07) is 16.5. The van der Waals surface area contributed by atoms with Crippen molar-refractivity contribution < 1.29 is 14.3 Å². The molecule has 0 saturated heterocycles. The maximum absolute atomic E-state index is 13.8. The molecule has 33 heavy (non-hydrogen) atoms. The molecular weight excluding hydrogens is 416 g/mol. The number of methoxy groups -OCH3 is 1. The van der Waals surface area contributed by atoms with Gasteiger partial charge in [-0.25, -0.2) is 0 Å². The van der Waals surface area contributed by atoms with Gasteiger partial charge in [0.25, 0.3) is 0 Å². The van der Waals surface area contributed by atoms with Crippen LogP contribution >= 0.6 is 0 Å². The number of nitrogens with one attached hydrogen (secondary N) is 2. The molecule has 3 aromatic rings. The number of para-hydroxylation sites is 1. The lowest BCUT2D eigenvalue weighted by atomic mass is 10.0. The van der Waals surface area contributed by atoms with Crippen molar-refractivity contribution in [2.24, 2.45) is 0 Å². The van der Waals surface area contributed by atoms with E-state index in [4.69, 9.17) is 10.5 Å². The predicted molar refractivity (Wildman–Crippen MR) is 131 cm³/mol. The Morgan fingerprint density at radius 3 is 2.76 bits per heavy atom. The van der Waals surface area contributed by atoms with Crippen LogP contribution in [-0.4, -0.2) is 38.1 Å². The van der Waals surface area contributed by atoms with Crippen LogP contribution in [0.4, 0.5) is 11.4 Å². The molecule has 3 aromatic carbocycles. The summed E-state index contributed by atoms with van der Waals surface area (Å²) in [5, 5.41) is 7.83. The second-order valence-corrected chi connectivity index (χ2v) is 8.39. The van der Waals surface area contributed by atoms with E-state index in [9.17, 15) is 9.59 Å². The van der Waals surface area contributed by atoms with E-state index in [0.717, 1.165) is 27.6 Å². The van der Waals surface area contributed by atoms with Gasteiger partial charge in [-0.15, -0.1) is 0 Å². The third-order valence-corrected chi connectivity index (χ3v) is 6.34. The molecule has 2 unspecified atom stereocenters. The minimum Gasteiger partial charge on any atom is -0.496 e. The smallest absolute Gasteiger partial charge is 0.249 e. The Kier molecular flexibility index (Phi) is 6.51. The molecule has 1 aliphatic heterocycles. The van der Waals surface area contributed by atoms with Crippen LogP contribution in [-0.2, 0) is 22.6 Å². The summed E-state index contributed by atoms with van der Waals surface area (Å²) in [5.74, 6) is 0.372. The predicted octanol–water partition coefficient (Wildman–Crippen LogP) is 3.00. The van der Waals surface area contributed by atoms with E-state index in [1.807, 2.05) is 54.6 Å². The average molecular weight is 447 g/mol. The molecule has 0 aliphatic carbocycles. The highest BCUT2D eigenvalue weighted by Gasteiger charge is 2.32. The largest absolute Gasteiger partial charge is 0.496 e. The molecule has 0 fully saturated rings. The van der Waals surface area contributed by atoms with E-state index in [1.54, 1.807) is 26.0 Å². The van der Waals surface area contributed by atoms with Crippen LogP contribution < -0.4 is 26.0 Å². The fraction of sp³-hybridized carbons (Fsp3) is 0.308. The third-order valence-electron chi connectivity index (χ3n) is 6.34. The van der Waals surface area contributed by atoms with Gasteiger partial charge in [0, 0.05) is 16.9 Å². The van der Waals surface area contributed by atoms with Gasteiger partial charge < -0.3 is 26.0 Å². The van der Waals surface area contributed by atoms with Crippen LogP contribution in [0, 0.1) is 0 Å². The second-order valence-electron chi connectivity index (χ2n) is 8.39. The zero-order valence-corrected chi connectivity index (χ0v) is 19.2. The van der Waals surface area contributed by atoms with Crippen molar-refractivity contribution in [2.75, 3.05) is 24.8 Å². The number of carbonyl (C=O) groups excluding carboxylic acids is 2. The molecule has 7 nitrogen and oxygen atoms in total. The van der Waals surface area contributed by atoms with Crippen LogP contribution in [0.3, 0.4) is 0 Å². The molecule has 0 saturated carbocycles. The number of hydrogen-bond acceptors (Lipinski definition) is 5. The number of anilines is 2. The Balaban J connectivity index is 1.77. The van der Waals surface area contributed by atoms with Gasteiger partial charge >= 0.3 is 0 Å². The summed E-state index contributed by atoms with van der Waals surface area (Å²) in [4.78, 5) is 28.1. The van der Waals surface area contributed by atoms with Crippen LogP contribution in [0.2, 0.25) is 0 Å². The number of hydrogen-bond donors (Lipinski definition) is 3. The summed E-state index contributed by atoms with van der Waals surface area (Å²) >= 11 is 0. The van der Waals surface area contributed by atoms with Crippen LogP contribution in [0.25, 0.3) is 10.8 Å². The quantitative estimate of drug-likeness (QED) is 0.506. The fourth-order valence-corrected chi connectivity index (χ4v) is 4.35. The van der Waals surface area contributed by atoms with E-state index in [1.165, 1.54) is 0 Å². The van der Waals surface area contributed by atoms with Crippen molar-refractivity contribution in [1.82, 2.24) is 10.6 Å². The first-order chi connectivity index (χ1) is 15.9. The maximum atomic E-state index is 13.8. The van der Waals surface area contributed by atoms with Gasteiger partial charge in [0.05, 0.1) is 19.7 Å². The first-order valence-electron chi connectivity index (χ1n) is 11.1. The molecule has 2 amide bonds. The Morgan fingerprint density at radius 2 is 2.00 bits per heavy atom. The summed E-state index contributed by atoms with van der Waals surface area (Å²) in [6.07, 6.45) is 1.23. The Morgan fingerprint density at radius 1 is 1.21 bits per heavy atom. The highest BCUT2D eigenvalue weighted by Crippen LogP contribution is 2.34. The van der Waals surface area contributed by atoms with Gasteiger partial charge in [-0.1, -0.05) is 30.3 Å². The number of likely N-dealkylation sites (N-methyl/N-ethyl adjacent to an activating group) is 1. The van der Waals surface area contributed by atoms with Crippen molar-refractivity contribution in [1.29, 1.82) is 0 Å². The number of fused-ring (bicyclic) bond motifs is 2. The first kappa shape index (κ1) is 22.6. The summed E-state index contributed by atoms with van der Waals surface area (Å²) in [7, 11) is 3.35. The highest BCUT2D eigenvalue weighted by molar-refractivity contribution is 6.01. The molecule has 0 spiro atoms. The standard InChI is InChI=1S/C26H30N4O3/c1-16(28-2)25(31)29-22-12-8-17-6-4-5-7-23(17)30(26(22)32)15-21-20-11-10-19(27)14-18(20)9-13-24(21)33-3/h4-7,9-11,13-14,16,22,28H,8,12,15,27H2,1-3H3,(H,29,31). The molecule has 4 N–H and O–H groups in total.